The Morgan fingerprint density at radius 2 is 1.91 bits per heavy atom. The number of carbonyl (C=O) groups is 2. The van der Waals surface area contributed by atoms with Crippen molar-refractivity contribution in [3.8, 4) is 17.0 Å². The molecule has 0 aromatic carbocycles. The molecule has 0 aliphatic rings. The van der Waals surface area contributed by atoms with Crippen LogP contribution < -0.4 is 10.1 Å². The van der Waals surface area contributed by atoms with Gasteiger partial charge >= 0.3 is 5.97 Å². The first kappa shape index (κ1) is 23.3. The number of fused-ring (bicyclic) bond motifs is 2. The molecule has 4 aromatic heterocycles. The number of hydrogen-bond donors (Lipinski definition) is 1. The van der Waals surface area contributed by atoms with Crippen molar-refractivity contribution in [2.45, 2.75) is 20.3 Å². The van der Waals surface area contributed by atoms with Gasteiger partial charge in [-0.2, -0.15) is 0 Å². The molecule has 1 N–H and O–H groups in total. The summed E-state index contributed by atoms with van der Waals surface area (Å²) in [6.07, 6.45) is 4.41. The van der Waals surface area contributed by atoms with Gasteiger partial charge in [-0.3, -0.25) is 9.20 Å². The summed E-state index contributed by atoms with van der Waals surface area (Å²) in [5.74, 6) is 0.898. The van der Waals surface area contributed by atoms with Gasteiger partial charge in [-0.05, 0) is 30.7 Å². The summed E-state index contributed by atoms with van der Waals surface area (Å²) in [6, 6.07) is 9.04. The molecular formula is C25H28N4O5. The normalized spacial score (nSPS) is 11.2. The molecule has 4 rings (SSSR count). The molecule has 0 amide bonds. The number of carbonyl (C=O) groups excluding carboxylic acids is 2. The molecule has 9 nitrogen and oxygen atoms in total. The lowest BCUT2D eigenvalue weighted by molar-refractivity contribution is 0.0600. The van der Waals surface area contributed by atoms with Crippen LogP contribution in [0.15, 0.2) is 42.7 Å². The highest BCUT2D eigenvalue weighted by atomic mass is 16.5. The number of esters is 1. The zero-order chi connectivity index (χ0) is 24.2. The lowest BCUT2D eigenvalue weighted by Crippen LogP contribution is -2.10. The van der Waals surface area contributed by atoms with Crippen LogP contribution in [0.1, 0.15) is 41.1 Å². The van der Waals surface area contributed by atoms with Crippen LogP contribution in [0.4, 0.5) is 5.82 Å². The van der Waals surface area contributed by atoms with Gasteiger partial charge in [0.2, 0.25) is 0 Å². The van der Waals surface area contributed by atoms with Crippen LogP contribution in [0.5, 0.6) is 5.75 Å². The molecule has 0 bridgehead atoms. The first-order valence-electron chi connectivity index (χ1n) is 11.1. The van der Waals surface area contributed by atoms with E-state index in [1.54, 1.807) is 25.4 Å². The average molecular weight is 465 g/mol. The molecule has 0 radical (unpaired) electrons. The summed E-state index contributed by atoms with van der Waals surface area (Å²) in [4.78, 5) is 29.4. The number of rotatable bonds is 10. The molecule has 4 heterocycles. The summed E-state index contributed by atoms with van der Waals surface area (Å²) in [7, 11) is 2.98. The number of ether oxygens (including phenoxy) is 3. The third kappa shape index (κ3) is 4.34. The Morgan fingerprint density at radius 1 is 1.09 bits per heavy atom. The van der Waals surface area contributed by atoms with E-state index in [0.717, 1.165) is 23.3 Å². The summed E-state index contributed by atoms with van der Waals surface area (Å²) in [5.41, 5.74) is 3.80. The smallest absolute Gasteiger partial charge is 0.339 e. The van der Waals surface area contributed by atoms with E-state index in [4.69, 9.17) is 19.2 Å². The fourth-order valence-electron chi connectivity index (χ4n) is 3.86. The zero-order valence-electron chi connectivity index (χ0n) is 19.8. The highest BCUT2D eigenvalue weighted by Crippen LogP contribution is 2.35. The van der Waals surface area contributed by atoms with Crippen molar-refractivity contribution >= 4 is 28.7 Å². The zero-order valence-corrected chi connectivity index (χ0v) is 19.8. The van der Waals surface area contributed by atoms with Crippen LogP contribution in [0.2, 0.25) is 0 Å². The number of hydrogen-bond acceptors (Lipinski definition) is 7. The topological polar surface area (TPSA) is 95.6 Å². The lowest BCUT2D eigenvalue weighted by atomic mass is 10.1. The predicted octanol–water partition coefficient (Wildman–Crippen LogP) is 4.09. The van der Waals surface area contributed by atoms with Crippen LogP contribution in [-0.2, 0) is 9.47 Å². The Hall–Kier alpha value is -3.85. The van der Waals surface area contributed by atoms with Gasteiger partial charge in [-0.1, -0.05) is 6.92 Å². The fraction of sp³-hybridized carbons (Fsp3) is 0.320. The Labute approximate surface area is 197 Å². The minimum atomic E-state index is -0.439. The van der Waals surface area contributed by atoms with Crippen molar-refractivity contribution in [3.63, 3.8) is 0 Å². The Bertz CT molecular complexity index is 1350. The minimum absolute atomic E-state index is 0.0610. The van der Waals surface area contributed by atoms with Gasteiger partial charge in [0, 0.05) is 44.6 Å². The van der Waals surface area contributed by atoms with Crippen LogP contribution in [0.25, 0.3) is 22.4 Å². The van der Waals surface area contributed by atoms with E-state index in [2.05, 4.69) is 5.32 Å². The lowest BCUT2D eigenvalue weighted by Gasteiger charge is -2.10. The summed E-state index contributed by atoms with van der Waals surface area (Å²) >= 11 is 0. The highest BCUT2D eigenvalue weighted by Gasteiger charge is 2.22. The van der Waals surface area contributed by atoms with E-state index in [-0.39, 0.29) is 5.78 Å². The van der Waals surface area contributed by atoms with Crippen molar-refractivity contribution in [3.05, 3.63) is 54.0 Å². The number of nitrogens with zero attached hydrogens (tertiary/aromatic N) is 3. The number of Topliss-reactive ketones (excluding diaryl/α,β-unsaturated/α-hetero) is 1. The van der Waals surface area contributed by atoms with Crippen molar-refractivity contribution in [1.82, 2.24) is 13.8 Å². The van der Waals surface area contributed by atoms with Gasteiger partial charge < -0.3 is 23.9 Å². The van der Waals surface area contributed by atoms with Crippen LogP contribution in [0, 0.1) is 0 Å². The predicted molar refractivity (Wildman–Crippen MR) is 129 cm³/mol. The minimum Gasteiger partial charge on any atom is -0.493 e. The van der Waals surface area contributed by atoms with Crippen LogP contribution in [-0.4, -0.2) is 59.5 Å². The third-order valence-electron chi connectivity index (χ3n) is 5.47. The number of imidazole rings is 1. The van der Waals surface area contributed by atoms with E-state index in [0.29, 0.717) is 48.2 Å². The third-order valence-corrected chi connectivity index (χ3v) is 5.47. The Kier molecular flexibility index (Phi) is 6.83. The molecule has 0 unspecified atom stereocenters. The molecule has 4 aromatic rings. The SMILES string of the molecule is CCCOc1ccn2c(C(C)=O)cc(-c3nc4ccc(C(=O)OC)cn4c3NCCOC)c2c1. The Morgan fingerprint density at radius 3 is 2.62 bits per heavy atom. The highest BCUT2D eigenvalue weighted by molar-refractivity contribution is 5.99. The van der Waals surface area contributed by atoms with E-state index in [1.165, 1.54) is 14.0 Å². The second-order valence-electron chi connectivity index (χ2n) is 7.83. The number of ketones is 1. The number of nitrogens with one attached hydrogen (secondary N) is 1. The molecule has 0 aliphatic carbocycles. The van der Waals surface area contributed by atoms with Crippen LogP contribution >= 0.6 is 0 Å². The second kappa shape index (κ2) is 9.96. The average Bonchev–Trinajstić information content (AvgIpc) is 3.40. The maximum atomic E-state index is 12.4. The van der Waals surface area contributed by atoms with Crippen molar-refractivity contribution in [2.75, 3.05) is 39.3 Å². The molecule has 178 valence electrons. The molecule has 0 spiro atoms. The van der Waals surface area contributed by atoms with Gasteiger partial charge in [0.1, 0.15) is 22.9 Å². The van der Waals surface area contributed by atoms with Crippen LogP contribution in [0.3, 0.4) is 0 Å². The summed E-state index contributed by atoms with van der Waals surface area (Å²) in [5, 5.41) is 3.37. The second-order valence-corrected chi connectivity index (χ2v) is 7.83. The van der Waals surface area contributed by atoms with E-state index in [1.807, 2.05) is 40.1 Å². The van der Waals surface area contributed by atoms with E-state index >= 15 is 0 Å². The molecule has 0 aliphatic heterocycles. The van der Waals surface area contributed by atoms with Gasteiger partial charge in [0.05, 0.1) is 37.1 Å². The largest absolute Gasteiger partial charge is 0.493 e. The van der Waals surface area contributed by atoms with Gasteiger partial charge in [0.25, 0.3) is 0 Å². The number of anilines is 1. The molecule has 0 saturated heterocycles. The molecule has 9 heteroatoms. The molecule has 0 atom stereocenters. The van der Waals surface area contributed by atoms with Gasteiger partial charge in [-0.15, -0.1) is 0 Å². The van der Waals surface area contributed by atoms with Crippen molar-refractivity contribution in [1.29, 1.82) is 0 Å². The standard InChI is InChI=1S/C25H28N4O5/c1-5-11-34-18-8-10-28-20(16(2)30)14-19(21(28)13-18)23-24(26-9-12-32-3)29-15-17(25(31)33-4)6-7-22(29)27-23/h6-8,10,13-15,26H,5,9,11-12H2,1-4H3. The number of pyridine rings is 2. The number of aromatic nitrogens is 3. The fourth-order valence-corrected chi connectivity index (χ4v) is 3.86. The maximum Gasteiger partial charge on any atom is 0.339 e. The molecule has 0 saturated carbocycles. The first-order chi connectivity index (χ1) is 16.5. The monoisotopic (exact) mass is 464 g/mol. The molecular weight excluding hydrogens is 436 g/mol. The maximum absolute atomic E-state index is 12.4. The molecule has 0 fully saturated rings. The first-order valence-corrected chi connectivity index (χ1v) is 11.1. The number of methoxy groups -OCH3 is 2. The van der Waals surface area contributed by atoms with Crippen molar-refractivity contribution < 1.29 is 23.8 Å². The quantitative estimate of drug-likeness (QED) is 0.215. The van der Waals surface area contributed by atoms with Gasteiger partial charge in [-0.25, -0.2) is 9.78 Å². The Balaban J connectivity index is 1.95. The molecule has 34 heavy (non-hydrogen) atoms. The van der Waals surface area contributed by atoms with Crippen molar-refractivity contribution in [2.24, 2.45) is 0 Å². The van der Waals surface area contributed by atoms with E-state index < -0.39 is 5.97 Å². The van der Waals surface area contributed by atoms with Gasteiger partial charge in [0.15, 0.2) is 5.78 Å². The summed E-state index contributed by atoms with van der Waals surface area (Å²) in [6.45, 7) is 5.19. The summed E-state index contributed by atoms with van der Waals surface area (Å²) < 4.78 is 19.6. The van der Waals surface area contributed by atoms with E-state index in [9.17, 15) is 9.59 Å².